The van der Waals surface area contributed by atoms with Crippen molar-refractivity contribution in [3.63, 3.8) is 0 Å². The van der Waals surface area contributed by atoms with Gasteiger partial charge in [-0.05, 0) is 58.6 Å². The van der Waals surface area contributed by atoms with E-state index in [2.05, 4.69) is 10.2 Å². The number of hydrogen-bond donors (Lipinski definition) is 1. The predicted octanol–water partition coefficient (Wildman–Crippen LogP) is 1.48. The van der Waals surface area contributed by atoms with Crippen LogP contribution >= 0.6 is 0 Å². The Hall–Kier alpha value is -1.33. The van der Waals surface area contributed by atoms with Crippen LogP contribution in [-0.4, -0.2) is 56.0 Å². The summed E-state index contributed by atoms with van der Waals surface area (Å²) >= 11 is 0. The van der Waals surface area contributed by atoms with Crippen LogP contribution in [0, 0.1) is 12.8 Å². The Balaban J connectivity index is 1.94. The second kappa shape index (κ2) is 7.61. The van der Waals surface area contributed by atoms with Crippen LogP contribution in [0.15, 0.2) is 16.5 Å². The third-order valence-electron chi connectivity index (χ3n) is 3.94. The van der Waals surface area contributed by atoms with Gasteiger partial charge >= 0.3 is 0 Å². The Labute approximate surface area is 127 Å². The minimum atomic E-state index is 0.236. The summed E-state index contributed by atoms with van der Waals surface area (Å²) in [6, 6.07) is 3.91. The zero-order chi connectivity index (χ0) is 15.2. The molecular weight excluding hydrogens is 266 g/mol. The number of furan rings is 1. The molecule has 1 aliphatic rings. The molecule has 1 N–H and O–H groups in total. The molecule has 0 radical (unpaired) electrons. The zero-order valence-corrected chi connectivity index (χ0v) is 13.4. The van der Waals surface area contributed by atoms with Crippen LogP contribution in [0.4, 0.5) is 0 Å². The van der Waals surface area contributed by atoms with Crippen molar-refractivity contribution in [2.75, 3.05) is 40.3 Å². The fraction of sp³-hybridized carbons (Fsp3) is 0.688. The first kappa shape index (κ1) is 16.0. The van der Waals surface area contributed by atoms with Gasteiger partial charge in [-0.3, -0.25) is 4.79 Å². The molecule has 1 amide bonds. The maximum atomic E-state index is 12.6. The predicted molar refractivity (Wildman–Crippen MR) is 83.0 cm³/mol. The largest absolute Gasteiger partial charge is 0.464 e. The number of nitrogens with one attached hydrogen (secondary N) is 1. The van der Waals surface area contributed by atoms with Gasteiger partial charge in [0.05, 0.1) is 6.54 Å². The third kappa shape index (κ3) is 5.17. The van der Waals surface area contributed by atoms with E-state index in [1.165, 1.54) is 0 Å². The molecular formula is C16H27N3O2. The first-order valence-corrected chi connectivity index (χ1v) is 7.73. The molecule has 0 aromatic carbocycles. The van der Waals surface area contributed by atoms with Crippen molar-refractivity contribution < 1.29 is 9.21 Å². The molecule has 0 bridgehead atoms. The summed E-state index contributed by atoms with van der Waals surface area (Å²) in [5, 5.41) is 3.32. The summed E-state index contributed by atoms with van der Waals surface area (Å²) < 4.78 is 5.62. The third-order valence-corrected chi connectivity index (χ3v) is 3.94. The summed E-state index contributed by atoms with van der Waals surface area (Å²) in [7, 11) is 4.06. The van der Waals surface area contributed by atoms with Gasteiger partial charge in [0.15, 0.2) is 0 Å². The lowest BCUT2D eigenvalue weighted by Crippen LogP contribution is -2.37. The molecule has 0 saturated carbocycles. The van der Waals surface area contributed by atoms with Crippen molar-refractivity contribution in [2.45, 2.75) is 26.3 Å². The van der Waals surface area contributed by atoms with Crippen molar-refractivity contribution in [1.29, 1.82) is 0 Å². The molecule has 21 heavy (non-hydrogen) atoms. The minimum Gasteiger partial charge on any atom is -0.464 e. The van der Waals surface area contributed by atoms with Crippen LogP contribution in [0.2, 0.25) is 0 Å². The molecule has 118 valence electrons. The first-order chi connectivity index (χ1) is 10.0. The van der Waals surface area contributed by atoms with Gasteiger partial charge in [-0.25, -0.2) is 0 Å². The van der Waals surface area contributed by atoms with Crippen LogP contribution < -0.4 is 5.32 Å². The number of carbonyl (C=O) groups excluding carboxylic acids is 1. The van der Waals surface area contributed by atoms with E-state index in [-0.39, 0.29) is 5.91 Å². The number of carbonyl (C=O) groups is 1. The molecule has 1 fully saturated rings. The second-order valence-corrected chi connectivity index (χ2v) is 6.19. The summed E-state index contributed by atoms with van der Waals surface area (Å²) in [6.07, 6.45) is 1.74. The molecule has 1 saturated heterocycles. The summed E-state index contributed by atoms with van der Waals surface area (Å²) in [6.45, 7) is 6.11. The number of nitrogens with zero attached hydrogens (tertiary/aromatic N) is 2. The molecule has 1 aromatic heterocycles. The SMILES string of the molecule is Cc1ccc(CN(CCN(C)C)C(=O)CC2CCNC2)o1. The van der Waals surface area contributed by atoms with E-state index >= 15 is 0 Å². The lowest BCUT2D eigenvalue weighted by molar-refractivity contribution is -0.133. The Morgan fingerprint density at radius 1 is 1.38 bits per heavy atom. The van der Waals surface area contributed by atoms with Gasteiger partial charge in [0.1, 0.15) is 11.5 Å². The zero-order valence-electron chi connectivity index (χ0n) is 13.4. The van der Waals surface area contributed by atoms with E-state index in [4.69, 9.17) is 4.42 Å². The average molecular weight is 293 g/mol. The Morgan fingerprint density at radius 2 is 2.19 bits per heavy atom. The van der Waals surface area contributed by atoms with Crippen molar-refractivity contribution >= 4 is 5.91 Å². The highest BCUT2D eigenvalue weighted by molar-refractivity contribution is 5.76. The van der Waals surface area contributed by atoms with Crippen LogP contribution in [0.3, 0.4) is 0 Å². The van der Waals surface area contributed by atoms with Crippen molar-refractivity contribution in [3.05, 3.63) is 23.7 Å². The molecule has 2 heterocycles. The topological polar surface area (TPSA) is 48.7 Å². The molecule has 1 unspecified atom stereocenters. The molecule has 5 heteroatoms. The Bertz CT molecular complexity index is 450. The van der Waals surface area contributed by atoms with Crippen LogP contribution in [0.25, 0.3) is 0 Å². The van der Waals surface area contributed by atoms with E-state index < -0.39 is 0 Å². The smallest absolute Gasteiger partial charge is 0.223 e. The van der Waals surface area contributed by atoms with Crippen LogP contribution in [-0.2, 0) is 11.3 Å². The van der Waals surface area contributed by atoms with Gasteiger partial charge in [-0.2, -0.15) is 0 Å². The number of amides is 1. The summed E-state index contributed by atoms with van der Waals surface area (Å²) in [5.74, 6) is 2.48. The normalized spacial score (nSPS) is 18.4. The molecule has 1 atom stereocenters. The van der Waals surface area contributed by atoms with Gasteiger partial charge < -0.3 is 19.5 Å². The summed E-state index contributed by atoms with van der Waals surface area (Å²) in [5.41, 5.74) is 0. The molecule has 0 spiro atoms. The van der Waals surface area contributed by atoms with Gasteiger partial charge in [-0.15, -0.1) is 0 Å². The molecule has 5 nitrogen and oxygen atoms in total. The number of likely N-dealkylation sites (N-methyl/N-ethyl adjacent to an activating group) is 1. The lowest BCUT2D eigenvalue weighted by atomic mass is 10.0. The first-order valence-electron chi connectivity index (χ1n) is 7.73. The van der Waals surface area contributed by atoms with Gasteiger partial charge in [0, 0.05) is 19.5 Å². The van der Waals surface area contributed by atoms with E-state index in [1.54, 1.807) is 0 Å². The van der Waals surface area contributed by atoms with Crippen LogP contribution in [0.1, 0.15) is 24.4 Å². The maximum absolute atomic E-state index is 12.6. The lowest BCUT2D eigenvalue weighted by Gasteiger charge is -2.24. The number of rotatable bonds is 7. The van der Waals surface area contributed by atoms with E-state index in [1.807, 2.05) is 38.1 Å². The number of aryl methyl sites for hydroxylation is 1. The summed E-state index contributed by atoms with van der Waals surface area (Å²) in [4.78, 5) is 16.6. The average Bonchev–Trinajstić information content (AvgIpc) is 3.06. The minimum absolute atomic E-state index is 0.236. The fourth-order valence-corrected chi connectivity index (χ4v) is 2.64. The highest BCUT2D eigenvalue weighted by Crippen LogP contribution is 2.16. The molecule has 0 aliphatic carbocycles. The maximum Gasteiger partial charge on any atom is 0.223 e. The van der Waals surface area contributed by atoms with Gasteiger partial charge in [0.25, 0.3) is 0 Å². The molecule has 1 aliphatic heterocycles. The highest BCUT2D eigenvalue weighted by atomic mass is 16.3. The monoisotopic (exact) mass is 293 g/mol. The Morgan fingerprint density at radius 3 is 2.76 bits per heavy atom. The van der Waals surface area contributed by atoms with E-state index in [0.29, 0.717) is 18.9 Å². The van der Waals surface area contributed by atoms with Crippen molar-refractivity contribution in [3.8, 4) is 0 Å². The fourth-order valence-electron chi connectivity index (χ4n) is 2.64. The molecule has 2 rings (SSSR count). The molecule has 1 aromatic rings. The van der Waals surface area contributed by atoms with Gasteiger partial charge in [0.2, 0.25) is 5.91 Å². The second-order valence-electron chi connectivity index (χ2n) is 6.19. The van der Waals surface area contributed by atoms with Gasteiger partial charge in [-0.1, -0.05) is 0 Å². The standard InChI is InChI=1S/C16H27N3O2/c1-13-4-5-15(21-13)12-19(9-8-18(2)3)16(20)10-14-6-7-17-11-14/h4-5,14,17H,6-12H2,1-3H3. The van der Waals surface area contributed by atoms with E-state index in [9.17, 15) is 4.79 Å². The van der Waals surface area contributed by atoms with Crippen molar-refractivity contribution in [1.82, 2.24) is 15.1 Å². The quantitative estimate of drug-likeness (QED) is 0.827. The Kier molecular flexibility index (Phi) is 5.82. The highest BCUT2D eigenvalue weighted by Gasteiger charge is 2.22. The number of hydrogen-bond acceptors (Lipinski definition) is 4. The van der Waals surface area contributed by atoms with Crippen LogP contribution in [0.5, 0.6) is 0 Å². The van der Waals surface area contributed by atoms with E-state index in [0.717, 1.165) is 44.1 Å². The van der Waals surface area contributed by atoms with Crippen molar-refractivity contribution in [2.24, 2.45) is 5.92 Å².